The molecule has 0 aromatic rings. The highest BCUT2D eigenvalue weighted by molar-refractivity contribution is 5.89. The summed E-state index contributed by atoms with van der Waals surface area (Å²) in [4.78, 5) is 25.8. The van der Waals surface area contributed by atoms with Crippen LogP contribution >= 0.6 is 12.4 Å². The molecule has 1 atom stereocenters. The topological polar surface area (TPSA) is 75.4 Å². The average molecular weight is 306 g/mol. The number of carbonyl (C=O) groups excluding carboxylic acids is 2. The molecule has 0 aromatic carbocycles. The van der Waals surface area contributed by atoms with Crippen LogP contribution in [0, 0.1) is 5.92 Å². The Morgan fingerprint density at radius 1 is 1.40 bits per heavy atom. The summed E-state index contributed by atoms with van der Waals surface area (Å²) in [7, 11) is 0. The van der Waals surface area contributed by atoms with Gasteiger partial charge in [-0.15, -0.1) is 12.4 Å². The fourth-order valence-electron chi connectivity index (χ4n) is 2.61. The van der Waals surface area contributed by atoms with Crippen LogP contribution < -0.4 is 11.1 Å². The molecule has 0 spiro atoms. The van der Waals surface area contributed by atoms with Gasteiger partial charge in [-0.25, -0.2) is 0 Å². The number of nitrogens with two attached hydrogens (primary N) is 1. The van der Waals surface area contributed by atoms with Gasteiger partial charge in [-0.1, -0.05) is 13.8 Å². The Kier molecular flexibility index (Phi) is 9.59. The van der Waals surface area contributed by atoms with Crippen LogP contribution in [0.3, 0.4) is 0 Å². The Balaban J connectivity index is 0.00000361. The molecule has 118 valence electrons. The van der Waals surface area contributed by atoms with E-state index in [4.69, 9.17) is 5.73 Å². The van der Waals surface area contributed by atoms with Gasteiger partial charge in [0, 0.05) is 25.6 Å². The summed E-state index contributed by atoms with van der Waals surface area (Å²) in [6, 6.07) is 0.280. The van der Waals surface area contributed by atoms with Crippen molar-refractivity contribution in [2.24, 2.45) is 11.7 Å². The van der Waals surface area contributed by atoms with Crippen LogP contribution in [0.1, 0.15) is 46.0 Å². The number of carbonyl (C=O) groups is 2. The number of unbranched alkanes of at least 4 members (excludes halogenated alkanes) is 1. The van der Waals surface area contributed by atoms with Crippen LogP contribution in [0.25, 0.3) is 0 Å². The van der Waals surface area contributed by atoms with E-state index in [0.29, 0.717) is 26.1 Å². The Morgan fingerprint density at radius 2 is 2.05 bits per heavy atom. The molecular weight excluding hydrogens is 278 g/mol. The second-order valence-corrected chi connectivity index (χ2v) is 5.20. The maximum absolute atomic E-state index is 12.0. The van der Waals surface area contributed by atoms with Gasteiger partial charge in [0.2, 0.25) is 11.8 Å². The first kappa shape index (κ1) is 19.2. The van der Waals surface area contributed by atoms with Crippen LogP contribution in [0.15, 0.2) is 0 Å². The van der Waals surface area contributed by atoms with Crippen molar-refractivity contribution in [2.75, 3.05) is 19.6 Å². The van der Waals surface area contributed by atoms with Crippen molar-refractivity contribution in [3.05, 3.63) is 0 Å². The van der Waals surface area contributed by atoms with Crippen molar-refractivity contribution in [3.8, 4) is 0 Å². The monoisotopic (exact) mass is 305 g/mol. The molecule has 1 aliphatic heterocycles. The summed E-state index contributed by atoms with van der Waals surface area (Å²) in [5, 5.41) is 2.90. The first-order chi connectivity index (χ1) is 9.13. The number of halogens is 1. The van der Waals surface area contributed by atoms with E-state index in [2.05, 4.69) is 19.2 Å². The Bertz CT molecular complexity index is 309. The molecular formula is C14H28ClN3O2. The van der Waals surface area contributed by atoms with Crippen LogP contribution in [-0.2, 0) is 9.59 Å². The minimum absolute atomic E-state index is 0. The predicted molar refractivity (Wildman–Crippen MR) is 82.7 cm³/mol. The van der Waals surface area contributed by atoms with Crippen molar-refractivity contribution in [3.63, 3.8) is 0 Å². The van der Waals surface area contributed by atoms with Gasteiger partial charge in [-0.3, -0.25) is 9.59 Å². The maximum Gasteiger partial charge on any atom is 0.225 e. The highest BCUT2D eigenvalue weighted by atomic mass is 35.5. The van der Waals surface area contributed by atoms with E-state index in [1.54, 1.807) is 0 Å². The molecule has 0 saturated carbocycles. The second kappa shape index (κ2) is 10.00. The lowest BCUT2D eigenvalue weighted by atomic mass is 10.1. The lowest BCUT2D eigenvalue weighted by molar-refractivity contribution is -0.130. The quantitative estimate of drug-likeness (QED) is 0.664. The van der Waals surface area contributed by atoms with Gasteiger partial charge >= 0.3 is 0 Å². The number of hydrogen-bond acceptors (Lipinski definition) is 3. The summed E-state index contributed by atoms with van der Waals surface area (Å²) in [5.41, 5.74) is 5.40. The van der Waals surface area contributed by atoms with E-state index in [1.807, 2.05) is 4.90 Å². The molecule has 2 amide bonds. The van der Waals surface area contributed by atoms with E-state index in [-0.39, 0.29) is 36.2 Å². The van der Waals surface area contributed by atoms with Crippen molar-refractivity contribution >= 4 is 24.2 Å². The molecule has 3 N–H and O–H groups in total. The van der Waals surface area contributed by atoms with Gasteiger partial charge in [0.1, 0.15) is 0 Å². The van der Waals surface area contributed by atoms with Crippen LogP contribution in [0.5, 0.6) is 0 Å². The molecule has 0 bridgehead atoms. The summed E-state index contributed by atoms with van der Waals surface area (Å²) in [6.45, 7) is 6.06. The number of likely N-dealkylation sites (tertiary alicyclic amines) is 1. The summed E-state index contributed by atoms with van der Waals surface area (Å²) in [6.07, 6.45) is 4.09. The largest absolute Gasteiger partial charge is 0.356 e. The molecule has 0 aliphatic carbocycles. The van der Waals surface area contributed by atoms with Gasteiger partial charge in [0.25, 0.3) is 0 Å². The number of hydrogen-bond donors (Lipinski definition) is 2. The van der Waals surface area contributed by atoms with Crippen LogP contribution in [0.4, 0.5) is 0 Å². The Hall–Kier alpha value is -0.810. The van der Waals surface area contributed by atoms with E-state index < -0.39 is 0 Å². The molecule has 5 nitrogen and oxygen atoms in total. The van der Waals surface area contributed by atoms with E-state index >= 15 is 0 Å². The molecule has 1 aliphatic rings. The van der Waals surface area contributed by atoms with Crippen molar-refractivity contribution in [1.29, 1.82) is 0 Å². The van der Waals surface area contributed by atoms with E-state index in [1.165, 1.54) is 0 Å². The fourth-order valence-corrected chi connectivity index (χ4v) is 2.61. The first-order valence-electron chi connectivity index (χ1n) is 7.41. The zero-order valence-electron chi connectivity index (χ0n) is 12.6. The highest BCUT2D eigenvalue weighted by Gasteiger charge is 2.36. The van der Waals surface area contributed by atoms with Gasteiger partial charge < -0.3 is 16.0 Å². The van der Waals surface area contributed by atoms with Crippen molar-refractivity contribution < 1.29 is 9.59 Å². The first-order valence-corrected chi connectivity index (χ1v) is 7.41. The van der Waals surface area contributed by atoms with Crippen LogP contribution in [0.2, 0.25) is 0 Å². The SMILES string of the molecule is CCC(CC)N1CC(C(=O)NCCCCN)CC1=O.Cl. The average Bonchev–Trinajstić information content (AvgIpc) is 2.79. The normalized spacial score (nSPS) is 18.3. The molecule has 1 heterocycles. The Morgan fingerprint density at radius 3 is 2.60 bits per heavy atom. The molecule has 1 unspecified atom stereocenters. The number of amides is 2. The molecule has 1 fully saturated rings. The third kappa shape index (κ3) is 5.29. The standard InChI is InChI=1S/C14H27N3O2.ClH/c1-3-12(4-2)17-10-11(9-13(17)18)14(19)16-8-6-5-7-15;/h11-12H,3-10,15H2,1-2H3,(H,16,19);1H. The lowest BCUT2D eigenvalue weighted by Crippen LogP contribution is -2.38. The van der Waals surface area contributed by atoms with Gasteiger partial charge in [-0.05, 0) is 32.2 Å². The van der Waals surface area contributed by atoms with Gasteiger partial charge in [0.05, 0.1) is 5.92 Å². The van der Waals surface area contributed by atoms with Gasteiger partial charge in [0.15, 0.2) is 0 Å². The maximum atomic E-state index is 12.0. The summed E-state index contributed by atoms with van der Waals surface area (Å²) in [5.74, 6) is -0.0411. The highest BCUT2D eigenvalue weighted by Crippen LogP contribution is 2.23. The third-order valence-corrected chi connectivity index (χ3v) is 3.84. The molecule has 1 rings (SSSR count). The molecule has 0 aromatic heterocycles. The van der Waals surface area contributed by atoms with Gasteiger partial charge in [-0.2, -0.15) is 0 Å². The minimum atomic E-state index is -0.175. The summed E-state index contributed by atoms with van der Waals surface area (Å²) >= 11 is 0. The van der Waals surface area contributed by atoms with Crippen molar-refractivity contribution in [2.45, 2.75) is 52.0 Å². The molecule has 20 heavy (non-hydrogen) atoms. The van der Waals surface area contributed by atoms with E-state index in [9.17, 15) is 9.59 Å². The second-order valence-electron chi connectivity index (χ2n) is 5.20. The number of rotatable bonds is 8. The Labute approximate surface area is 128 Å². The molecule has 6 heteroatoms. The third-order valence-electron chi connectivity index (χ3n) is 3.84. The zero-order valence-corrected chi connectivity index (χ0v) is 13.4. The fraction of sp³-hybridized carbons (Fsp3) is 0.857. The zero-order chi connectivity index (χ0) is 14.3. The molecule has 0 radical (unpaired) electrons. The lowest BCUT2D eigenvalue weighted by Gasteiger charge is -2.26. The van der Waals surface area contributed by atoms with Crippen LogP contribution in [-0.4, -0.2) is 42.4 Å². The predicted octanol–water partition coefficient (Wildman–Crippen LogP) is 1.30. The number of nitrogens with one attached hydrogen (secondary N) is 1. The minimum Gasteiger partial charge on any atom is -0.356 e. The number of nitrogens with zero attached hydrogens (tertiary/aromatic N) is 1. The molecule has 1 saturated heterocycles. The van der Waals surface area contributed by atoms with E-state index in [0.717, 1.165) is 25.7 Å². The summed E-state index contributed by atoms with van der Waals surface area (Å²) < 4.78 is 0. The van der Waals surface area contributed by atoms with Crippen molar-refractivity contribution in [1.82, 2.24) is 10.2 Å². The smallest absolute Gasteiger partial charge is 0.225 e.